The van der Waals surface area contributed by atoms with Gasteiger partial charge in [-0.15, -0.1) is 17.9 Å². The van der Waals surface area contributed by atoms with Crippen molar-refractivity contribution in [2.24, 2.45) is 0 Å². The molecule has 0 saturated carbocycles. The lowest BCUT2D eigenvalue weighted by molar-refractivity contribution is 0.0702. The number of rotatable bonds is 3. The smallest absolute Gasteiger partial charge is 0.345 e. The molecule has 0 radical (unpaired) electrons. The Morgan fingerprint density at radius 3 is 3.00 bits per heavy atom. The Morgan fingerprint density at radius 2 is 2.31 bits per heavy atom. The van der Waals surface area contributed by atoms with Gasteiger partial charge in [-0.05, 0) is 24.5 Å². The number of hydrogen-bond donors (Lipinski definition) is 1. The van der Waals surface area contributed by atoms with Crippen molar-refractivity contribution in [2.45, 2.75) is 12.8 Å². The molecular weight excluding hydrogens is 222 g/mol. The number of nitrogens with zero attached hydrogens (tertiary/aromatic N) is 1. The molecule has 0 fully saturated rings. The lowest BCUT2D eigenvalue weighted by Gasteiger charge is -2.16. The van der Waals surface area contributed by atoms with Gasteiger partial charge in [0.1, 0.15) is 4.88 Å². The second-order valence-electron chi connectivity index (χ2n) is 3.95. The molecule has 1 aromatic heterocycles. The fourth-order valence-electron chi connectivity index (χ4n) is 2.01. The molecule has 0 aromatic carbocycles. The van der Waals surface area contributed by atoms with Crippen molar-refractivity contribution < 1.29 is 9.90 Å². The van der Waals surface area contributed by atoms with Crippen LogP contribution in [0.2, 0.25) is 0 Å². The molecule has 3 nitrogen and oxygen atoms in total. The normalized spacial score (nSPS) is 16.5. The summed E-state index contributed by atoms with van der Waals surface area (Å²) < 4.78 is 0. The highest BCUT2D eigenvalue weighted by Crippen LogP contribution is 2.26. The van der Waals surface area contributed by atoms with E-state index < -0.39 is 5.97 Å². The minimum absolute atomic E-state index is 0.474. The van der Waals surface area contributed by atoms with E-state index >= 15 is 0 Å². The van der Waals surface area contributed by atoms with Gasteiger partial charge >= 0.3 is 5.97 Å². The van der Waals surface area contributed by atoms with E-state index in [1.165, 1.54) is 21.8 Å². The molecular formula is C12H15NO2S. The second-order valence-corrected chi connectivity index (χ2v) is 5.09. The number of fused-ring (bicyclic) bond motifs is 1. The van der Waals surface area contributed by atoms with E-state index in [4.69, 9.17) is 5.11 Å². The van der Waals surface area contributed by atoms with Crippen molar-refractivity contribution in [3.63, 3.8) is 0 Å². The third-order valence-corrected chi connectivity index (χ3v) is 4.07. The van der Waals surface area contributed by atoms with Crippen LogP contribution in [0.5, 0.6) is 0 Å². The SMILES string of the molecule is C=CCN1CCc2cc(C(=O)O)sc2CC1. The standard InChI is InChI=1S/C12H15NO2S/c1-2-5-13-6-3-9-8-11(12(14)15)16-10(9)4-7-13/h2,8H,1,3-7H2,(H,14,15). The van der Waals surface area contributed by atoms with E-state index in [9.17, 15) is 4.79 Å². The molecule has 0 unspecified atom stereocenters. The molecule has 1 aromatic rings. The van der Waals surface area contributed by atoms with Crippen LogP contribution in [0.15, 0.2) is 18.7 Å². The van der Waals surface area contributed by atoms with E-state index in [-0.39, 0.29) is 0 Å². The lowest BCUT2D eigenvalue weighted by Crippen LogP contribution is -2.26. The van der Waals surface area contributed by atoms with Gasteiger partial charge in [-0.2, -0.15) is 0 Å². The van der Waals surface area contributed by atoms with Gasteiger partial charge in [-0.3, -0.25) is 4.90 Å². The van der Waals surface area contributed by atoms with Gasteiger partial charge in [0.15, 0.2) is 0 Å². The molecule has 1 aliphatic heterocycles. The second kappa shape index (κ2) is 4.80. The quantitative estimate of drug-likeness (QED) is 0.818. The first-order chi connectivity index (χ1) is 7.70. The fourth-order valence-corrected chi connectivity index (χ4v) is 3.05. The Morgan fingerprint density at radius 1 is 1.56 bits per heavy atom. The van der Waals surface area contributed by atoms with Crippen molar-refractivity contribution in [1.82, 2.24) is 4.90 Å². The minimum Gasteiger partial charge on any atom is -0.477 e. The predicted octanol–water partition coefficient (Wildman–Crippen LogP) is 2.03. The molecule has 86 valence electrons. The first-order valence-corrected chi connectivity index (χ1v) is 6.20. The molecule has 0 atom stereocenters. The molecule has 0 amide bonds. The van der Waals surface area contributed by atoms with Crippen molar-refractivity contribution in [1.29, 1.82) is 0 Å². The van der Waals surface area contributed by atoms with Crippen LogP contribution >= 0.6 is 11.3 Å². The molecule has 16 heavy (non-hydrogen) atoms. The van der Waals surface area contributed by atoms with Crippen molar-refractivity contribution in [3.05, 3.63) is 34.0 Å². The molecule has 4 heteroatoms. The summed E-state index contributed by atoms with van der Waals surface area (Å²) in [6.07, 6.45) is 3.83. The average Bonchev–Trinajstić information content (AvgIpc) is 2.58. The monoisotopic (exact) mass is 237 g/mol. The summed E-state index contributed by atoms with van der Waals surface area (Å²) in [5.74, 6) is -0.805. The molecule has 1 aliphatic rings. The van der Waals surface area contributed by atoms with E-state index in [0.717, 1.165) is 32.5 Å². The number of aromatic carboxylic acids is 1. The van der Waals surface area contributed by atoms with E-state index in [2.05, 4.69) is 11.5 Å². The van der Waals surface area contributed by atoms with E-state index in [0.29, 0.717) is 4.88 Å². The van der Waals surface area contributed by atoms with E-state index in [1.807, 2.05) is 12.1 Å². The fraction of sp³-hybridized carbons (Fsp3) is 0.417. The van der Waals surface area contributed by atoms with Crippen LogP contribution in [0.3, 0.4) is 0 Å². The number of thiophene rings is 1. The Labute approximate surface area is 99.0 Å². The van der Waals surface area contributed by atoms with Gasteiger partial charge in [0.2, 0.25) is 0 Å². The third-order valence-electron chi connectivity index (χ3n) is 2.85. The zero-order valence-electron chi connectivity index (χ0n) is 9.11. The van der Waals surface area contributed by atoms with Crippen molar-refractivity contribution in [3.8, 4) is 0 Å². The highest BCUT2D eigenvalue weighted by molar-refractivity contribution is 7.14. The van der Waals surface area contributed by atoms with Gasteiger partial charge in [-0.1, -0.05) is 6.08 Å². The van der Waals surface area contributed by atoms with Crippen LogP contribution in [0.25, 0.3) is 0 Å². The third kappa shape index (κ3) is 2.33. The number of hydrogen-bond acceptors (Lipinski definition) is 3. The van der Waals surface area contributed by atoms with Crippen molar-refractivity contribution >= 4 is 17.3 Å². The Hall–Kier alpha value is -1.13. The van der Waals surface area contributed by atoms with Gasteiger partial charge in [0.25, 0.3) is 0 Å². The molecule has 2 heterocycles. The summed E-state index contributed by atoms with van der Waals surface area (Å²) in [5.41, 5.74) is 1.22. The minimum atomic E-state index is -0.805. The Bertz CT molecular complexity index is 386. The molecule has 0 saturated heterocycles. The first-order valence-electron chi connectivity index (χ1n) is 5.39. The average molecular weight is 237 g/mol. The largest absolute Gasteiger partial charge is 0.477 e. The number of carboxylic acids is 1. The molecule has 1 N–H and O–H groups in total. The van der Waals surface area contributed by atoms with Crippen LogP contribution in [0, 0.1) is 0 Å². The maximum Gasteiger partial charge on any atom is 0.345 e. The Balaban J connectivity index is 2.12. The van der Waals surface area contributed by atoms with Gasteiger partial charge in [0.05, 0.1) is 0 Å². The van der Waals surface area contributed by atoms with Crippen molar-refractivity contribution in [2.75, 3.05) is 19.6 Å². The Kier molecular flexibility index (Phi) is 3.41. The van der Waals surface area contributed by atoms with Crippen LogP contribution < -0.4 is 0 Å². The molecule has 2 rings (SSSR count). The lowest BCUT2D eigenvalue weighted by atomic mass is 10.1. The molecule has 0 spiro atoms. The molecule has 0 aliphatic carbocycles. The highest BCUT2D eigenvalue weighted by atomic mass is 32.1. The van der Waals surface area contributed by atoms with E-state index in [1.54, 1.807) is 0 Å². The summed E-state index contributed by atoms with van der Waals surface area (Å²) in [5, 5.41) is 8.93. The molecule has 0 bridgehead atoms. The highest BCUT2D eigenvalue weighted by Gasteiger charge is 2.18. The zero-order chi connectivity index (χ0) is 11.5. The summed E-state index contributed by atoms with van der Waals surface area (Å²) in [4.78, 5) is 14.9. The first kappa shape index (κ1) is 11.4. The summed E-state index contributed by atoms with van der Waals surface area (Å²) in [7, 11) is 0. The van der Waals surface area contributed by atoms with Gasteiger partial charge in [0, 0.05) is 24.5 Å². The van der Waals surface area contributed by atoms with Crippen LogP contribution in [0.4, 0.5) is 0 Å². The number of carboxylic acid groups (broad SMARTS) is 1. The van der Waals surface area contributed by atoms with Gasteiger partial charge < -0.3 is 5.11 Å². The topological polar surface area (TPSA) is 40.5 Å². The predicted molar refractivity (Wildman–Crippen MR) is 65.3 cm³/mol. The summed E-state index contributed by atoms with van der Waals surface area (Å²) in [6.45, 7) is 6.65. The zero-order valence-corrected chi connectivity index (χ0v) is 9.92. The maximum absolute atomic E-state index is 10.9. The maximum atomic E-state index is 10.9. The van der Waals surface area contributed by atoms with Crippen LogP contribution in [-0.2, 0) is 12.8 Å². The summed E-state index contributed by atoms with van der Waals surface area (Å²) in [6, 6.07) is 1.83. The summed E-state index contributed by atoms with van der Waals surface area (Å²) >= 11 is 1.42. The van der Waals surface area contributed by atoms with Gasteiger partial charge in [-0.25, -0.2) is 4.79 Å². The number of carbonyl (C=O) groups is 1. The van der Waals surface area contributed by atoms with Crippen LogP contribution in [0.1, 0.15) is 20.1 Å². The van der Waals surface area contributed by atoms with Crippen LogP contribution in [-0.4, -0.2) is 35.6 Å².